The SMILES string of the molecule is CC.CC.CC.COc1cc(C(=O)N2CCCCC2)ccc1Cc1cc(C)c2c(n1)N(C)c1ccccc1C(=O)N2C. The van der Waals surface area contributed by atoms with E-state index in [2.05, 4.69) is 0 Å². The topological polar surface area (TPSA) is 66.0 Å². The minimum absolute atomic E-state index is 0.0514. The molecule has 0 spiro atoms. The number of aromatic nitrogens is 1. The molecular formula is C35H50N4O3. The van der Waals surface area contributed by atoms with Crippen molar-refractivity contribution in [1.29, 1.82) is 0 Å². The second-order valence-corrected chi connectivity index (χ2v) is 9.60. The molecule has 2 aliphatic rings. The van der Waals surface area contributed by atoms with Gasteiger partial charge in [0.1, 0.15) is 5.75 Å². The zero-order valence-corrected chi connectivity index (χ0v) is 27.4. The standard InChI is InChI=1S/C29H32N4O3.3C2H6/c1-19-16-22(30-27-26(19)32(3)29(35)23-10-6-7-11-24(23)31(27)2)17-20-12-13-21(18-25(20)36-4)28(34)33-14-8-5-9-15-33;3*1-2/h6-7,10-13,16,18H,5,8-9,14-15,17H2,1-4H3;3*1-2H3. The molecule has 0 aliphatic carbocycles. The van der Waals surface area contributed by atoms with E-state index in [0.29, 0.717) is 23.3 Å². The van der Waals surface area contributed by atoms with Crippen LogP contribution in [0.5, 0.6) is 5.75 Å². The molecule has 5 rings (SSSR count). The van der Waals surface area contributed by atoms with Crippen molar-refractivity contribution in [3.8, 4) is 5.75 Å². The maximum Gasteiger partial charge on any atom is 0.260 e. The third kappa shape index (κ3) is 7.30. The maximum atomic E-state index is 13.2. The number of anilines is 3. The molecule has 2 aliphatic heterocycles. The lowest BCUT2D eigenvalue weighted by Crippen LogP contribution is -2.35. The van der Waals surface area contributed by atoms with Crippen LogP contribution < -0.4 is 14.5 Å². The molecule has 228 valence electrons. The Morgan fingerprint density at radius 2 is 1.52 bits per heavy atom. The van der Waals surface area contributed by atoms with E-state index in [1.807, 2.05) is 114 Å². The van der Waals surface area contributed by atoms with E-state index in [1.54, 1.807) is 19.1 Å². The molecule has 1 saturated heterocycles. The Morgan fingerprint density at radius 3 is 2.17 bits per heavy atom. The van der Waals surface area contributed by atoms with Crippen molar-refractivity contribution in [2.45, 2.75) is 74.1 Å². The number of piperidine rings is 1. The number of carbonyl (C=O) groups is 2. The number of nitrogens with zero attached hydrogens (tertiary/aromatic N) is 4. The molecular weight excluding hydrogens is 524 g/mol. The predicted octanol–water partition coefficient (Wildman–Crippen LogP) is 8.05. The summed E-state index contributed by atoms with van der Waals surface area (Å²) >= 11 is 0. The third-order valence-electron chi connectivity index (χ3n) is 7.22. The summed E-state index contributed by atoms with van der Waals surface area (Å²) in [6, 6.07) is 15.3. The molecule has 2 aromatic carbocycles. The second-order valence-electron chi connectivity index (χ2n) is 9.60. The number of likely N-dealkylation sites (tertiary alicyclic amines) is 1. The van der Waals surface area contributed by atoms with Gasteiger partial charge < -0.3 is 19.4 Å². The number of amides is 2. The van der Waals surface area contributed by atoms with Gasteiger partial charge in [-0.1, -0.05) is 59.7 Å². The molecule has 0 atom stereocenters. The number of rotatable bonds is 4. The summed E-state index contributed by atoms with van der Waals surface area (Å²) in [7, 11) is 5.38. The van der Waals surface area contributed by atoms with Crippen molar-refractivity contribution < 1.29 is 14.3 Å². The van der Waals surface area contributed by atoms with Gasteiger partial charge in [-0.05, 0) is 62.1 Å². The number of hydrogen-bond donors (Lipinski definition) is 0. The summed E-state index contributed by atoms with van der Waals surface area (Å²) in [5, 5.41) is 0. The molecule has 7 heteroatoms. The highest BCUT2D eigenvalue weighted by Crippen LogP contribution is 2.40. The molecule has 42 heavy (non-hydrogen) atoms. The molecule has 0 saturated carbocycles. The minimum atomic E-state index is -0.0514. The minimum Gasteiger partial charge on any atom is -0.496 e. The fourth-order valence-electron chi connectivity index (χ4n) is 5.30. The van der Waals surface area contributed by atoms with Crippen LogP contribution in [0.2, 0.25) is 0 Å². The molecule has 3 aromatic rings. The zero-order chi connectivity index (χ0) is 31.4. The number of para-hydroxylation sites is 1. The number of fused-ring (bicyclic) bond motifs is 2. The first-order valence-corrected chi connectivity index (χ1v) is 15.5. The third-order valence-corrected chi connectivity index (χ3v) is 7.22. The largest absolute Gasteiger partial charge is 0.496 e. The average molecular weight is 575 g/mol. The quantitative estimate of drug-likeness (QED) is 0.315. The Kier molecular flexibility index (Phi) is 13.5. The first-order chi connectivity index (χ1) is 20.4. The Balaban J connectivity index is 0.000000966. The Morgan fingerprint density at radius 1 is 0.881 bits per heavy atom. The van der Waals surface area contributed by atoms with E-state index in [4.69, 9.17) is 9.72 Å². The van der Waals surface area contributed by atoms with Gasteiger partial charge in [0.05, 0.1) is 24.0 Å². The first-order valence-electron chi connectivity index (χ1n) is 15.5. The Hall–Kier alpha value is -3.87. The lowest BCUT2D eigenvalue weighted by atomic mass is 10.0. The highest BCUT2D eigenvalue weighted by molar-refractivity contribution is 6.13. The maximum absolute atomic E-state index is 13.2. The van der Waals surface area contributed by atoms with Crippen molar-refractivity contribution in [3.63, 3.8) is 0 Å². The number of pyridine rings is 1. The van der Waals surface area contributed by atoms with Crippen LogP contribution in [0.15, 0.2) is 48.5 Å². The van der Waals surface area contributed by atoms with E-state index >= 15 is 0 Å². The first kappa shape index (κ1) is 34.3. The average Bonchev–Trinajstić information content (AvgIpc) is 3.13. The molecule has 0 unspecified atom stereocenters. The van der Waals surface area contributed by atoms with Gasteiger partial charge in [0.15, 0.2) is 5.82 Å². The van der Waals surface area contributed by atoms with Crippen LogP contribution >= 0.6 is 0 Å². The molecule has 7 nitrogen and oxygen atoms in total. The van der Waals surface area contributed by atoms with Gasteiger partial charge in [0.2, 0.25) is 0 Å². The van der Waals surface area contributed by atoms with E-state index < -0.39 is 0 Å². The number of benzene rings is 2. The summed E-state index contributed by atoms with van der Waals surface area (Å²) in [6.07, 6.45) is 3.85. The number of ether oxygens (including phenoxy) is 1. The van der Waals surface area contributed by atoms with Gasteiger partial charge in [-0.25, -0.2) is 4.98 Å². The molecule has 0 bridgehead atoms. The van der Waals surface area contributed by atoms with Crippen LogP contribution in [0.4, 0.5) is 17.2 Å². The normalized spacial score (nSPS) is 13.6. The van der Waals surface area contributed by atoms with Crippen molar-refractivity contribution in [1.82, 2.24) is 9.88 Å². The van der Waals surface area contributed by atoms with E-state index in [9.17, 15) is 9.59 Å². The van der Waals surface area contributed by atoms with Crippen LogP contribution in [-0.4, -0.2) is 56.0 Å². The summed E-state index contributed by atoms with van der Waals surface area (Å²) < 4.78 is 5.70. The van der Waals surface area contributed by atoms with Gasteiger partial charge in [0, 0.05) is 50.4 Å². The molecule has 1 aromatic heterocycles. The van der Waals surface area contributed by atoms with Crippen molar-refractivity contribution >= 4 is 29.0 Å². The summed E-state index contributed by atoms with van der Waals surface area (Å²) in [6.45, 7) is 15.6. The Bertz CT molecular complexity index is 1330. The van der Waals surface area contributed by atoms with Gasteiger partial charge >= 0.3 is 0 Å². The molecule has 3 heterocycles. The Labute approximate surface area is 253 Å². The molecule has 0 radical (unpaired) electrons. The highest BCUT2D eigenvalue weighted by atomic mass is 16.5. The van der Waals surface area contributed by atoms with Crippen molar-refractivity contribution in [3.05, 3.63) is 76.5 Å². The van der Waals surface area contributed by atoms with Gasteiger partial charge in [0.25, 0.3) is 11.8 Å². The fourth-order valence-corrected chi connectivity index (χ4v) is 5.30. The number of hydrogen-bond acceptors (Lipinski definition) is 5. The fraction of sp³-hybridized carbons (Fsp3) is 0.457. The summed E-state index contributed by atoms with van der Waals surface area (Å²) in [5.74, 6) is 1.43. The molecule has 0 N–H and O–H groups in total. The molecule has 2 amide bonds. The van der Waals surface area contributed by atoms with E-state index in [-0.39, 0.29) is 11.8 Å². The summed E-state index contributed by atoms with van der Waals surface area (Å²) in [4.78, 5) is 36.8. The van der Waals surface area contributed by atoms with E-state index in [1.165, 1.54) is 6.42 Å². The van der Waals surface area contributed by atoms with Gasteiger partial charge in [-0.2, -0.15) is 0 Å². The molecule has 1 fully saturated rings. The number of carbonyl (C=O) groups excluding carboxylic acids is 2. The van der Waals surface area contributed by atoms with Gasteiger partial charge in [-0.3, -0.25) is 9.59 Å². The highest BCUT2D eigenvalue weighted by Gasteiger charge is 2.30. The number of aryl methyl sites for hydroxylation is 1. The zero-order valence-electron chi connectivity index (χ0n) is 27.4. The van der Waals surface area contributed by atoms with Crippen molar-refractivity contribution in [2.24, 2.45) is 0 Å². The predicted molar refractivity (Wildman–Crippen MR) is 176 cm³/mol. The van der Waals surface area contributed by atoms with Crippen LogP contribution in [0.25, 0.3) is 0 Å². The second kappa shape index (κ2) is 16.5. The number of methoxy groups -OCH3 is 1. The lowest BCUT2D eigenvalue weighted by molar-refractivity contribution is 0.0723. The van der Waals surface area contributed by atoms with Crippen LogP contribution in [0.3, 0.4) is 0 Å². The van der Waals surface area contributed by atoms with Crippen molar-refractivity contribution in [2.75, 3.05) is 44.1 Å². The smallest absolute Gasteiger partial charge is 0.260 e. The van der Waals surface area contributed by atoms with Crippen LogP contribution in [-0.2, 0) is 6.42 Å². The van der Waals surface area contributed by atoms with E-state index in [0.717, 1.165) is 59.9 Å². The monoisotopic (exact) mass is 574 g/mol. The van der Waals surface area contributed by atoms with Crippen LogP contribution in [0, 0.1) is 6.92 Å². The summed E-state index contributed by atoms with van der Waals surface area (Å²) in [5.41, 5.74) is 5.73. The van der Waals surface area contributed by atoms with Gasteiger partial charge in [-0.15, -0.1) is 0 Å². The van der Waals surface area contributed by atoms with Crippen LogP contribution in [0.1, 0.15) is 98.3 Å². The lowest BCUT2D eigenvalue weighted by Gasteiger charge is -2.27.